The number of hydrogen-bond acceptors (Lipinski definition) is 3. The van der Waals surface area contributed by atoms with Gasteiger partial charge in [0.1, 0.15) is 6.04 Å². The van der Waals surface area contributed by atoms with Gasteiger partial charge in [0.05, 0.1) is 5.37 Å². The quantitative estimate of drug-likeness (QED) is 0.843. The molecule has 142 valence electrons. The first-order valence-corrected chi connectivity index (χ1v) is 10.6. The van der Waals surface area contributed by atoms with Crippen molar-refractivity contribution in [2.45, 2.75) is 69.7 Å². The first kappa shape index (κ1) is 19.3. The third-order valence-electron chi connectivity index (χ3n) is 5.61. The number of carboxylic acids is 1. The summed E-state index contributed by atoms with van der Waals surface area (Å²) in [4.78, 5) is 26.6. The van der Waals surface area contributed by atoms with Crippen molar-refractivity contribution in [1.29, 1.82) is 0 Å². The van der Waals surface area contributed by atoms with Gasteiger partial charge in [0.25, 0.3) is 5.91 Å². The highest BCUT2D eigenvalue weighted by Gasteiger charge is 2.45. The zero-order chi connectivity index (χ0) is 18.9. The number of thioether (sulfide) groups is 1. The minimum Gasteiger partial charge on any atom is -0.480 e. The highest BCUT2D eigenvalue weighted by atomic mass is 32.2. The number of carboxylic acid groups (broad SMARTS) is 1. The van der Waals surface area contributed by atoms with Gasteiger partial charge in [-0.3, -0.25) is 4.79 Å². The van der Waals surface area contributed by atoms with E-state index in [0.717, 1.165) is 12.8 Å². The van der Waals surface area contributed by atoms with Crippen LogP contribution in [0.3, 0.4) is 0 Å². The number of carbonyl (C=O) groups is 2. The van der Waals surface area contributed by atoms with Crippen molar-refractivity contribution in [1.82, 2.24) is 4.90 Å². The molecule has 1 saturated heterocycles. The highest BCUT2D eigenvalue weighted by molar-refractivity contribution is 8.00. The average Bonchev–Trinajstić information content (AvgIpc) is 3.06. The van der Waals surface area contributed by atoms with E-state index in [0.29, 0.717) is 17.2 Å². The third-order valence-corrected chi connectivity index (χ3v) is 7.07. The van der Waals surface area contributed by atoms with Gasteiger partial charge >= 0.3 is 5.97 Å². The highest BCUT2D eigenvalue weighted by Crippen LogP contribution is 2.41. The Balaban J connectivity index is 1.86. The topological polar surface area (TPSA) is 57.6 Å². The van der Waals surface area contributed by atoms with E-state index in [1.165, 1.54) is 24.8 Å². The lowest BCUT2D eigenvalue weighted by molar-refractivity contribution is -0.141. The molecule has 26 heavy (non-hydrogen) atoms. The molecular weight excluding hydrogens is 346 g/mol. The maximum atomic E-state index is 13.2. The molecule has 1 N–H and O–H groups in total. The molecule has 1 aliphatic carbocycles. The van der Waals surface area contributed by atoms with Crippen LogP contribution in [0.25, 0.3) is 0 Å². The Morgan fingerprint density at radius 1 is 1.08 bits per heavy atom. The van der Waals surface area contributed by atoms with Gasteiger partial charge in [-0.1, -0.05) is 52.2 Å². The molecule has 1 aliphatic heterocycles. The molecule has 4 nitrogen and oxygen atoms in total. The van der Waals surface area contributed by atoms with Crippen molar-refractivity contribution >= 4 is 23.6 Å². The molecule has 3 rings (SSSR count). The number of rotatable bonds is 3. The van der Waals surface area contributed by atoms with Gasteiger partial charge in [0, 0.05) is 11.3 Å². The van der Waals surface area contributed by atoms with Gasteiger partial charge in [-0.15, -0.1) is 11.8 Å². The van der Waals surface area contributed by atoms with Crippen LogP contribution < -0.4 is 0 Å². The molecule has 0 spiro atoms. The van der Waals surface area contributed by atoms with Crippen molar-refractivity contribution in [3.05, 3.63) is 35.4 Å². The fraction of sp³-hybridized carbons (Fsp3) is 0.619. The van der Waals surface area contributed by atoms with E-state index in [2.05, 4.69) is 20.8 Å². The molecular formula is C21H29NO3S. The van der Waals surface area contributed by atoms with Crippen LogP contribution in [-0.4, -0.2) is 39.1 Å². The average molecular weight is 376 g/mol. The van der Waals surface area contributed by atoms with Crippen LogP contribution in [0.5, 0.6) is 0 Å². The Labute approximate surface area is 160 Å². The fourth-order valence-corrected chi connectivity index (χ4v) is 5.65. The Bertz CT molecular complexity index is 659. The first-order chi connectivity index (χ1) is 12.3. The molecule has 2 atom stereocenters. The summed E-state index contributed by atoms with van der Waals surface area (Å²) in [5, 5.41) is 9.63. The van der Waals surface area contributed by atoms with Crippen LogP contribution in [-0.2, 0) is 10.2 Å². The van der Waals surface area contributed by atoms with Crippen molar-refractivity contribution in [3.8, 4) is 0 Å². The van der Waals surface area contributed by atoms with Gasteiger partial charge in [0.15, 0.2) is 0 Å². The molecule has 2 unspecified atom stereocenters. The molecule has 2 aliphatic rings. The van der Waals surface area contributed by atoms with Crippen molar-refractivity contribution in [3.63, 3.8) is 0 Å². The Kier molecular flexibility index (Phi) is 5.66. The minimum atomic E-state index is -0.893. The molecule has 0 aromatic heterocycles. The monoisotopic (exact) mass is 375 g/mol. The number of aliphatic carboxylic acids is 1. The summed E-state index contributed by atoms with van der Waals surface area (Å²) in [5.41, 5.74) is 1.79. The predicted octanol–water partition coefficient (Wildman–Crippen LogP) is 4.53. The number of nitrogens with zero attached hydrogens (tertiary/aromatic N) is 1. The standard InChI is InChI=1S/C21H29NO3S/c1-21(2,3)16-11-9-14(10-12-16)18(23)22-17(20(24)25)13-26-19(22)15-7-5-4-6-8-15/h9-12,15,17,19H,4-8,13H2,1-3H3,(H,24,25). The van der Waals surface area contributed by atoms with Crippen LogP contribution >= 0.6 is 11.8 Å². The summed E-state index contributed by atoms with van der Waals surface area (Å²) < 4.78 is 0. The van der Waals surface area contributed by atoms with Crippen LogP contribution in [0.15, 0.2) is 24.3 Å². The summed E-state index contributed by atoms with van der Waals surface area (Å²) in [5.74, 6) is -0.132. The van der Waals surface area contributed by atoms with Crippen molar-refractivity contribution < 1.29 is 14.7 Å². The Morgan fingerprint density at radius 2 is 1.69 bits per heavy atom. The first-order valence-electron chi connectivity index (χ1n) is 9.56. The summed E-state index contributed by atoms with van der Waals surface area (Å²) in [6.07, 6.45) is 5.80. The largest absolute Gasteiger partial charge is 0.480 e. The van der Waals surface area contributed by atoms with E-state index in [1.54, 1.807) is 16.7 Å². The molecule has 2 fully saturated rings. The predicted molar refractivity (Wildman–Crippen MR) is 106 cm³/mol. The Morgan fingerprint density at radius 3 is 2.23 bits per heavy atom. The number of carbonyl (C=O) groups excluding carboxylic acids is 1. The molecule has 0 bridgehead atoms. The third kappa shape index (κ3) is 3.93. The summed E-state index contributed by atoms with van der Waals surface area (Å²) in [7, 11) is 0. The van der Waals surface area contributed by atoms with Gasteiger partial charge in [-0.2, -0.15) is 0 Å². The molecule has 5 heteroatoms. The molecule has 1 saturated carbocycles. The Hall–Kier alpha value is -1.49. The molecule has 1 amide bonds. The van der Waals surface area contributed by atoms with Crippen molar-refractivity contribution in [2.24, 2.45) is 5.92 Å². The van der Waals surface area contributed by atoms with Crippen LogP contribution in [0.4, 0.5) is 0 Å². The fourth-order valence-electron chi connectivity index (χ4n) is 4.02. The molecule has 1 aromatic carbocycles. The van der Waals surface area contributed by atoms with E-state index in [1.807, 2.05) is 24.3 Å². The second kappa shape index (κ2) is 7.63. The summed E-state index contributed by atoms with van der Waals surface area (Å²) in [6, 6.07) is 6.96. The van der Waals surface area contributed by atoms with E-state index in [9.17, 15) is 14.7 Å². The van der Waals surface area contributed by atoms with Gasteiger partial charge in [0.2, 0.25) is 0 Å². The molecule has 1 aromatic rings. The van der Waals surface area contributed by atoms with E-state index >= 15 is 0 Å². The number of benzene rings is 1. The normalized spacial score (nSPS) is 24.7. The van der Waals surface area contributed by atoms with E-state index in [4.69, 9.17) is 0 Å². The van der Waals surface area contributed by atoms with Gasteiger partial charge < -0.3 is 10.0 Å². The van der Waals surface area contributed by atoms with Gasteiger partial charge in [-0.25, -0.2) is 4.79 Å². The molecule has 1 heterocycles. The number of amides is 1. The van der Waals surface area contributed by atoms with Crippen LogP contribution in [0.1, 0.15) is 68.8 Å². The second-order valence-electron chi connectivity index (χ2n) is 8.52. The summed E-state index contributed by atoms with van der Waals surface area (Å²) >= 11 is 1.65. The maximum Gasteiger partial charge on any atom is 0.327 e. The van der Waals surface area contributed by atoms with Crippen molar-refractivity contribution in [2.75, 3.05) is 5.75 Å². The van der Waals surface area contributed by atoms with Crippen LogP contribution in [0.2, 0.25) is 0 Å². The lowest BCUT2D eigenvalue weighted by Crippen LogP contribution is -2.48. The van der Waals surface area contributed by atoms with E-state index in [-0.39, 0.29) is 16.7 Å². The zero-order valence-corrected chi connectivity index (χ0v) is 16.7. The van der Waals surface area contributed by atoms with Crippen LogP contribution in [0, 0.1) is 5.92 Å². The summed E-state index contributed by atoms with van der Waals surface area (Å²) in [6.45, 7) is 6.42. The van der Waals surface area contributed by atoms with Gasteiger partial charge in [-0.05, 0) is 41.9 Å². The molecule has 0 radical (unpaired) electrons. The van der Waals surface area contributed by atoms with E-state index < -0.39 is 12.0 Å². The second-order valence-corrected chi connectivity index (χ2v) is 9.67. The number of hydrogen-bond donors (Lipinski definition) is 1. The lowest BCUT2D eigenvalue weighted by Gasteiger charge is -2.35. The smallest absolute Gasteiger partial charge is 0.327 e. The zero-order valence-electron chi connectivity index (χ0n) is 15.9. The maximum absolute atomic E-state index is 13.2. The lowest BCUT2D eigenvalue weighted by atomic mass is 9.86. The minimum absolute atomic E-state index is 0.00815. The SMILES string of the molecule is CC(C)(C)c1ccc(C(=O)N2C(C(=O)O)CSC2C2CCCCC2)cc1.